The number of nitrogens with one attached hydrogen (secondary N) is 2. The van der Waals surface area contributed by atoms with Crippen molar-refractivity contribution in [2.24, 2.45) is 0 Å². The standard InChI is InChI=1S/C28H29FN4O3/c1-33-15-14-25(23(29)17-33)36-21-11-8-18(9-12-21)26-22-16-20(10-13-24(22)31-32-26)30-28(34)27(35-2)19-6-4-3-5-7-19/h3-13,16,23,25,27H,14-15,17H2,1-2H3,(H,30,34)(H,31,32)/t23-,25+,27+/m0/s1. The van der Waals surface area contributed by atoms with E-state index in [1.165, 1.54) is 7.11 Å². The molecule has 1 saturated heterocycles. The maximum absolute atomic E-state index is 14.3. The molecule has 1 aliphatic heterocycles. The SMILES string of the molecule is CO[C@@H](C(=O)Nc1ccc2[nH]nc(-c3ccc(O[C@@H]4CCN(C)C[C@@H]4F)cc3)c2c1)c1ccccc1. The third-order valence-corrected chi connectivity index (χ3v) is 6.51. The maximum atomic E-state index is 14.3. The second-order valence-corrected chi connectivity index (χ2v) is 9.10. The van der Waals surface area contributed by atoms with Gasteiger partial charge >= 0.3 is 0 Å². The van der Waals surface area contributed by atoms with Crippen LogP contribution in [0, 0.1) is 0 Å². The van der Waals surface area contributed by atoms with Gasteiger partial charge in [0, 0.05) is 36.8 Å². The predicted octanol–water partition coefficient (Wildman–Crippen LogP) is 4.98. The summed E-state index contributed by atoms with van der Waals surface area (Å²) in [6.07, 6.45) is -1.50. The summed E-state index contributed by atoms with van der Waals surface area (Å²) >= 11 is 0. The Morgan fingerprint density at radius 1 is 1.14 bits per heavy atom. The van der Waals surface area contributed by atoms with Gasteiger partial charge in [0.15, 0.2) is 6.10 Å². The van der Waals surface area contributed by atoms with Crippen molar-refractivity contribution in [3.8, 4) is 17.0 Å². The van der Waals surface area contributed by atoms with Gasteiger partial charge in [-0.3, -0.25) is 9.89 Å². The molecule has 8 heteroatoms. The molecule has 0 aliphatic carbocycles. The molecule has 1 aliphatic rings. The minimum atomic E-state index is -1.01. The molecule has 36 heavy (non-hydrogen) atoms. The number of fused-ring (bicyclic) bond motifs is 1. The number of hydrogen-bond acceptors (Lipinski definition) is 5. The van der Waals surface area contributed by atoms with E-state index in [0.29, 0.717) is 24.4 Å². The molecule has 186 valence electrons. The minimum Gasteiger partial charge on any atom is -0.487 e. The molecule has 2 N–H and O–H groups in total. The lowest BCUT2D eigenvalue weighted by Crippen LogP contribution is -2.45. The Labute approximate surface area is 209 Å². The summed E-state index contributed by atoms with van der Waals surface area (Å²) in [6, 6.07) is 22.5. The highest BCUT2D eigenvalue weighted by Crippen LogP contribution is 2.31. The number of benzene rings is 3. The molecule has 0 saturated carbocycles. The first-order valence-electron chi connectivity index (χ1n) is 12.0. The van der Waals surface area contributed by atoms with Crippen LogP contribution in [-0.4, -0.2) is 60.5 Å². The average molecular weight is 489 g/mol. The number of alkyl halides is 1. The molecule has 4 aromatic rings. The summed E-state index contributed by atoms with van der Waals surface area (Å²) in [7, 11) is 3.43. The van der Waals surface area contributed by atoms with E-state index in [2.05, 4.69) is 15.5 Å². The Kier molecular flexibility index (Phi) is 6.97. The normalized spacial score (nSPS) is 19.2. The van der Waals surface area contributed by atoms with E-state index in [4.69, 9.17) is 9.47 Å². The number of hydrogen-bond donors (Lipinski definition) is 2. The van der Waals surface area contributed by atoms with Crippen molar-refractivity contribution in [2.45, 2.75) is 24.8 Å². The van der Waals surface area contributed by atoms with Crippen LogP contribution in [0.25, 0.3) is 22.2 Å². The number of piperidine rings is 1. The number of anilines is 1. The van der Waals surface area contributed by atoms with Gasteiger partial charge in [-0.1, -0.05) is 30.3 Å². The lowest BCUT2D eigenvalue weighted by atomic mass is 10.1. The Morgan fingerprint density at radius 2 is 1.92 bits per heavy atom. The van der Waals surface area contributed by atoms with Gasteiger partial charge in [0.05, 0.1) is 11.2 Å². The van der Waals surface area contributed by atoms with E-state index in [-0.39, 0.29) is 5.91 Å². The van der Waals surface area contributed by atoms with Gasteiger partial charge in [0.25, 0.3) is 5.91 Å². The van der Waals surface area contributed by atoms with Crippen LogP contribution in [-0.2, 0) is 9.53 Å². The lowest BCUT2D eigenvalue weighted by molar-refractivity contribution is -0.126. The lowest BCUT2D eigenvalue weighted by Gasteiger charge is -2.32. The smallest absolute Gasteiger partial charge is 0.258 e. The summed E-state index contributed by atoms with van der Waals surface area (Å²) in [5.41, 5.74) is 3.91. The third kappa shape index (κ3) is 5.10. The van der Waals surface area contributed by atoms with Crippen molar-refractivity contribution in [3.63, 3.8) is 0 Å². The molecular formula is C28H29FN4O3. The van der Waals surface area contributed by atoms with Crippen LogP contribution < -0.4 is 10.1 Å². The number of aromatic amines is 1. The summed E-state index contributed by atoms with van der Waals surface area (Å²) in [6.45, 7) is 1.20. The van der Waals surface area contributed by atoms with Crippen molar-refractivity contribution >= 4 is 22.5 Å². The van der Waals surface area contributed by atoms with E-state index >= 15 is 0 Å². The van der Waals surface area contributed by atoms with Crippen LogP contribution in [0.2, 0.25) is 0 Å². The Morgan fingerprint density at radius 3 is 2.64 bits per heavy atom. The molecule has 2 heterocycles. The number of carbonyl (C=O) groups is 1. The molecule has 1 aromatic heterocycles. The summed E-state index contributed by atoms with van der Waals surface area (Å²) in [5.74, 6) is 0.380. The highest BCUT2D eigenvalue weighted by Gasteiger charge is 2.29. The molecule has 5 rings (SSSR count). The van der Waals surface area contributed by atoms with Gasteiger partial charge < -0.3 is 19.7 Å². The Balaban J connectivity index is 1.33. The molecular weight excluding hydrogens is 459 g/mol. The minimum absolute atomic E-state index is 0.255. The van der Waals surface area contributed by atoms with Gasteiger partial charge in [0.2, 0.25) is 0 Å². The second kappa shape index (κ2) is 10.5. The molecule has 0 spiro atoms. The molecule has 0 radical (unpaired) electrons. The number of halogens is 1. The average Bonchev–Trinajstić information content (AvgIpc) is 3.30. The van der Waals surface area contributed by atoms with Crippen molar-refractivity contribution in [1.82, 2.24) is 15.1 Å². The highest BCUT2D eigenvalue weighted by atomic mass is 19.1. The molecule has 3 aromatic carbocycles. The molecule has 7 nitrogen and oxygen atoms in total. The van der Waals surface area contributed by atoms with Crippen LogP contribution in [0.15, 0.2) is 72.8 Å². The topological polar surface area (TPSA) is 79.5 Å². The predicted molar refractivity (Wildman–Crippen MR) is 138 cm³/mol. The quantitative estimate of drug-likeness (QED) is 0.384. The number of nitrogens with zero attached hydrogens (tertiary/aromatic N) is 2. The second-order valence-electron chi connectivity index (χ2n) is 9.10. The fourth-order valence-electron chi connectivity index (χ4n) is 4.58. The van der Waals surface area contributed by atoms with Gasteiger partial charge in [0.1, 0.15) is 18.0 Å². The fourth-order valence-corrected chi connectivity index (χ4v) is 4.58. The zero-order valence-corrected chi connectivity index (χ0v) is 20.3. The first-order valence-corrected chi connectivity index (χ1v) is 12.0. The number of rotatable bonds is 7. The zero-order valence-electron chi connectivity index (χ0n) is 20.3. The summed E-state index contributed by atoms with van der Waals surface area (Å²) in [5, 5.41) is 11.3. The van der Waals surface area contributed by atoms with Crippen LogP contribution in [0.5, 0.6) is 5.75 Å². The number of carbonyl (C=O) groups excluding carboxylic acids is 1. The van der Waals surface area contributed by atoms with E-state index in [1.54, 1.807) is 0 Å². The van der Waals surface area contributed by atoms with E-state index < -0.39 is 18.4 Å². The number of ether oxygens (including phenoxy) is 2. The third-order valence-electron chi connectivity index (χ3n) is 6.51. The Bertz CT molecular complexity index is 1330. The van der Waals surface area contributed by atoms with Crippen LogP contribution in [0.4, 0.5) is 10.1 Å². The van der Waals surface area contributed by atoms with Crippen molar-refractivity contribution < 1.29 is 18.7 Å². The molecule has 0 bridgehead atoms. The van der Waals surface area contributed by atoms with Crippen LogP contribution in [0.3, 0.4) is 0 Å². The van der Waals surface area contributed by atoms with Crippen molar-refractivity contribution in [1.29, 1.82) is 0 Å². The highest BCUT2D eigenvalue weighted by molar-refractivity contribution is 5.99. The van der Waals surface area contributed by atoms with Crippen molar-refractivity contribution in [2.75, 3.05) is 32.6 Å². The van der Waals surface area contributed by atoms with E-state index in [1.807, 2.05) is 84.7 Å². The first-order chi connectivity index (χ1) is 17.5. The number of methoxy groups -OCH3 is 1. The van der Waals surface area contributed by atoms with Crippen molar-refractivity contribution in [3.05, 3.63) is 78.4 Å². The zero-order chi connectivity index (χ0) is 25.1. The molecule has 0 unspecified atom stereocenters. The molecule has 3 atom stereocenters. The number of aromatic nitrogens is 2. The number of amides is 1. The van der Waals surface area contributed by atoms with Gasteiger partial charge in [-0.2, -0.15) is 5.10 Å². The number of H-pyrrole nitrogens is 1. The molecule has 1 fully saturated rings. The van der Waals surface area contributed by atoms with Gasteiger partial charge in [-0.25, -0.2) is 4.39 Å². The number of likely N-dealkylation sites (tertiary alicyclic amines) is 1. The summed E-state index contributed by atoms with van der Waals surface area (Å²) < 4.78 is 25.7. The van der Waals surface area contributed by atoms with E-state index in [0.717, 1.165) is 34.3 Å². The Hall–Kier alpha value is -3.75. The van der Waals surface area contributed by atoms with Crippen LogP contribution >= 0.6 is 0 Å². The largest absolute Gasteiger partial charge is 0.487 e. The van der Waals surface area contributed by atoms with Gasteiger partial charge in [-0.15, -0.1) is 0 Å². The van der Waals surface area contributed by atoms with Gasteiger partial charge in [-0.05, 0) is 61.5 Å². The fraction of sp³-hybridized carbons (Fsp3) is 0.286. The van der Waals surface area contributed by atoms with Crippen LogP contribution in [0.1, 0.15) is 18.1 Å². The maximum Gasteiger partial charge on any atom is 0.258 e. The van der Waals surface area contributed by atoms with E-state index in [9.17, 15) is 9.18 Å². The monoisotopic (exact) mass is 488 g/mol. The summed E-state index contributed by atoms with van der Waals surface area (Å²) in [4.78, 5) is 14.9. The molecule has 1 amide bonds. The first kappa shape index (κ1) is 24.0.